The Morgan fingerprint density at radius 3 is 2.57 bits per heavy atom. The Morgan fingerprint density at radius 2 is 1.82 bits per heavy atom. The van der Waals surface area contributed by atoms with E-state index in [0.29, 0.717) is 15.1 Å². The van der Waals surface area contributed by atoms with Crippen LogP contribution in [0.2, 0.25) is 10.0 Å². The number of nitrogens with one attached hydrogen (secondary N) is 2. The average molecular weight is 441 g/mol. The molecule has 0 saturated heterocycles. The van der Waals surface area contributed by atoms with E-state index in [-0.39, 0.29) is 15.5 Å². The van der Waals surface area contributed by atoms with Crippen molar-refractivity contribution in [1.82, 2.24) is 10.9 Å². The van der Waals surface area contributed by atoms with Crippen molar-refractivity contribution in [1.29, 1.82) is 0 Å². The van der Waals surface area contributed by atoms with Crippen LogP contribution in [0.1, 0.15) is 20.0 Å². The van der Waals surface area contributed by atoms with Crippen molar-refractivity contribution in [3.63, 3.8) is 0 Å². The van der Waals surface area contributed by atoms with Gasteiger partial charge in [-0.25, -0.2) is 9.18 Å². The molecular formula is C18H11Cl2FN2O4S. The fourth-order valence-corrected chi connectivity index (χ4v) is 3.92. The highest BCUT2D eigenvalue weighted by molar-refractivity contribution is 7.21. The predicted molar refractivity (Wildman–Crippen MR) is 104 cm³/mol. The highest BCUT2D eigenvalue weighted by Gasteiger charge is 2.20. The molecule has 2 N–H and O–H groups in total. The quantitative estimate of drug-likeness (QED) is 0.474. The molecule has 10 heteroatoms. The second-order valence-electron chi connectivity index (χ2n) is 5.44. The van der Waals surface area contributed by atoms with Crippen molar-refractivity contribution < 1.29 is 23.5 Å². The minimum atomic E-state index is -0.845. The molecule has 0 atom stereocenters. The highest BCUT2D eigenvalue weighted by atomic mass is 35.5. The molecule has 1 aromatic heterocycles. The number of esters is 1. The van der Waals surface area contributed by atoms with E-state index in [1.54, 1.807) is 18.2 Å². The van der Waals surface area contributed by atoms with Gasteiger partial charge in [0.05, 0.1) is 10.6 Å². The normalized spacial score (nSPS) is 10.5. The molecule has 28 heavy (non-hydrogen) atoms. The number of benzene rings is 2. The van der Waals surface area contributed by atoms with Gasteiger partial charge in [-0.05, 0) is 24.3 Å². The third-order valence-electron chi connectivity index (χ3n) is 3.55. The van der Waals surface area contributed by atoms with Gasteiger partial charge in [-0.1, -0.05) is 41.4 Å². The maximum atomic E-state index is 13.5. The van der Waals surface area contributed by atoms with Crippen LogP contribution in [0.4, 0.5) is 4.39 Å². The lowest BCUT2D eigenvalue weighted by Gasteiger charge is -2.08. The zero-order chi connectivity index (χ0) is 20.3. The van der Waals surface area contributed by atoms with E-state index in [4.69, 9.17) is 27.9 Å². The van der Waals surface area contributed by atoms with Gasteiger partial charge in [0, 0.05) is 15.1 Å². The number of hydrazine groups is 1. The van der Waals surface area contributed by atoms with Crippen LogP contribution < -0.4 is 10.9 Å². The molecule has 3 aromatic rings. The summed E-state index contributed by atoms with van der Waals surface area (Å²) in [6, 6.07) is 10.3. The van der Waals surface area contributed by atoms with Crippen molar-refractivity contribution in [3.05, 3.63) is 68.8 Å². The first-order chi connectivity index (χ1) is 13.4. The molecule has 0 spiro atoms. The molecule has 6 nitrogen and oxygen atoms in total. The van der Waals surface area contributed by atoms with Crippen LogP contribution in [-0.4, -0.2) is 24.4 Å². The van der Waals surface area contributed by atoms with Gasteiger partial charge < -0.3 is 4.74 Å². The maximum absolute atomic E-state index is 13.5. The molecule has 0 unspecified atom stereocenters. The lowest BCUT2D eigenvalue weighted by atomic mass is 10.2. The van der Waals surface area contributed by atoms with E-state index >= 15 is 0 Å². The van der Waals surface area contributed by atoms with Crippen LogP contribution in [0.5, 0.6) is 0 Å². The van der Waals surface area contributed by atoms with E-state index < -0.39 is 30.2 Å². The number of thiophene rings is 1. The fraction of sp³-hybridized carbons (Fsp3) is 0.0556. The zero-order valence-corrected chi connectivity index (χ0v) is 16.3. The zero-order valence-electron chi connectivity index (χ0n) is 13.9. The number of fused-ring (bicyclic) bond motifs is 1. The van der Waals surface area contributed by atoms with E-state index in [2.05, 4.69) is 0 Å². The van der Waals surface area contributed by atoms with Gasteiger partial charge in [0.1, 0.15) is 10.7 Å². The Hall–Kier alpha value is -2.68. The number of hydrogen-bond donors (Lipinski definition) is 2. The number of carbonyl (C=O) groups excluding carboxylic acids is 3. The minimum Gasteiger partial charge on any atom is -0.451 e. The van der Waals surface area contributed by atoms with Gasteiger partial charge in [-0.2, -0.15) is 0 Å². The topological polar surface area (TPSA) is 84.5 Å². The molecule has 0 fully saturated rings. The van der Waals surface area contributed by atoms with E-state index in [1.807, 2.05) is 10.9 Å². The van der Waals surface area contributed by atoms with Crippen LogP contribution >= 0.6 is 34.5 Å². The smallest absolute Gasteiger partial charge is 0.350 e. The Balaban J connectivity index is 1.56. The number of halogens is 3. The van der Waals surface area contributed by atoms with Gasteiger partial charge >= 0.3 is 5.97 Å². The molecular weight excluding hydrogens is 430 g/mol. The number of hydrogen-bond acceptors (Lipinski definition) is 5. The summed E-state index contributed by atoms with van der Waals surface area (Å²) < 4.78 is 19.1. The van der Waals surface area contributed by atoms with Gasteiger partial charge in [-0.15, -0.1) is 11.3 Å². The summed E-state index contributed by atoms with van der Waals surface area (Å²) >= 11 is 13.2. The second-order valence-corrected chi connectivity index (χ2v) is 7.31. The number of amides is 2. The molecule has 2 amide bonds. The maximum Gasteiger partial charge on any atom is 0.350 e. The molecule has 2 aromatic carbocycles. The summed E-state index contributed by atoms with van der Waals surface area (Å²) in [4.78, 5) is 35.9. The third kappa shape index (κ3) is 4.41. The summed E-state index contributed by atoms with van der Waals surface area (Å²) in [7, 11) is 0. The minimum absolute atomic E-state index is 0.127. The predicted octanol–water partition coefficient (Wildman–Crippen LogP) is 3.97. The number of ether oxygens (including phenoxy) is 1. The third-order valence-corrected chi connectivity index (χ3v) is 5.42. The largest absolute Gasteiger partial charge is 0.451 e. The van der Waals surface area contributed by atoms with Crippen LogP contribution in [0.3, 0.4) is 0 Å². The monoisotopic (exact) mass is 440 g/mol. The molecule has 144 valence electrons. The molecule has 0 aliphatic rings. The lowest BCUT2D eigenvalue weighted by molar-refractivity contribution is -0.125. The van der Waals surface area contributed by atoms with E-state index in [1.165, 1.54) is 18.2 Å². The van der Waals surface area contributed by atoms with Crippen LogP contribution in [-0.2, 0) is 9.53 Å². The van der Waals surface area contributed by atoms with Crippen molar-refractivity contribution >= 4 is 62.4 Å². The Bertz CT molecular complexity index is 1090. The lowest BCUT2D eigenvalue weighted by Crippen LogP contribution is -2.43. The second kappa shape index (κ2) is 8.55. The molecule has 1 heterocycles. The fourth-order valence-electron chi connectivity index (χ4n) is 2.24. The SMILES string of the molecule is O=C(COC(=O)c1sc2cc(Cl)ccc2c1Cl)NNC(=O)c1ccccc1F. The molecule has 0 saturated carbocycles. The summed E-state index contributed by atoms with van der Waals surface area (Å²) in [6.07, 6.45) is 0. The number of rotatable bonds is 4. The number of carbonyl (C=O) groups is 3. The van der Waals surface area contributed by atoms with Gasteiger partial charge in [0.25, 0.3) is 11.8 Å². The van der Waals surface area contributed by atoms with Crippen molar-refractivity contribution in [2.75, 3.05) is 6.61 Å². The standard InChI is InChI=1S/C18H11Cl2FN2O4S/c19-9-5-6-11-13(7-9)28-16(15(11)20)18(26)27-8-14(24)22-23-17(25)10-3-1-2-4-12(10)21/h1-7H,8H2,(H,22,24)(H,23,25). The van der Waals surface area contributed by atoms with Crippen LogP contribution in [0, 0.1) is 5.82 Å². The van der Waals surface area contributed by atoms with Gasteiger partial charge in [0.15, 0.2) is 6.61 Å². The molecule has 3 rings (SSSR count). The molecule has 0 aliphatic carbocycles. The highest BCUT2D eigenvalue weighted by Crippen LogP contribution is 2.37. The van der Waals surface area contributed by atoms with Crippen LogP contribution in [0.25, 0.3) is 10.1 Å². The van der Waals surface area contributed by atoms with Gasteiger partial charge in [0.2, 0.25) is 0 Å². The van der Waals surface area contributed by atoms with Crippen molar-refractivity contribution in [2.24, 2.45) is 0 Å². The summed E-state index contributed by atoms with van der Waals surface area (Å²) in [5, 5.41) is 1.34. The average Bonchev–Trinajstić information content (AvgIpc) is 3.00. The molecule has 0 aliphatic heterocycles. The first-order valence-electron chi connectivity index (χ1n) is 7.75. The summed E-state index contributed by atoms with van der Waals surface area (Å²) in [5.74, 6) is -3.18. The van der Waals surface area contributed by atoms with E-state index in [0.717, 1.165) is 17.4 Å². The first kappa shape index (κ1) is 20.1. The summed E-state index contributed by atoms with van der Waals surface area (Å²) in [5.41, 5.74) is 3.83. The molecule has 0 radical (unpaired) electrons. The van der Waals surface area contributed by atoms with Crippen molar-refractivity contribution in [3.8, 4) is 0 Å². The molecule has 0 bridgehead atoms. The summed E-state index contributed by atoms with van der Waals surface area (Å²) in [6.45, 7) is -0.665. The van der Waals surface area contributed by atoms with Crippen LogP contribution in [0.15, 0.2) is 42.5 Å². The first-order valence-corrected chi connectivity index (χ1v) is 9.32. The van der Waals surface area contributed by atoms with E-state index in [9.17, 15) is 18.8 Å². The van der Waals surface area contributed by atoms with Gasteiger partial charge in [-0.3, -0.25) is 20.4 Å². The Morgan fingerprint density at radius 1 is 1.07 bits per heavy atom. The Labute approximate surface area is 172 Å². The Kier molecular flexibility index (Phi) is 6.13. The van der Waals surface area contributed by atoms with Crippen molar-refractivity contribution in [2.45, 2.75) is 0 Å².